The first-order valence-corrected chi connectivity index (χ1v) is 4.21. The minimum absolute atomic E-state index is 0.120. The average Bonchev–Trinajstić information content (AvgIpc) is 2.42. The zero-order valence-corrected chi connectivity index (χ0v) is 7.49. The third-order valence-electron chi connectivity index (χ3n) is 2.13. The number of nitro benzene ring substituents is 1. The Morgan fingerprint density at radius 2 is 2.36 bits per heavy atom. The molecule has 1 heterocycles. The first-order valence-electron chi connectivity index (χ1n) is 4.21. The molecule has 0 bridgehead atoms. The molecule has 0 spiro atoms. The molecule has 14 heavy (non-hydrogen) atoms. The van der Waals surface area contributed by atoms with Crippen LogP contribution < -0.4 is 4.74 Å². The van der Waals surface area contributed by atoms with Gasteiger partial charge in [-0.2, -0.15) is 0 Å². The number of ether oxygens (including phenoxy) is 1. The van der Waals surface area contributed by atoms with E-state index >= 15 is 0 Å². The van der Waals surface area contributed by atoms with Crippen molar-refractivity contribution in [1.82, 2.24) is 0 Å². The fourth-order valence-electron chi connectivity index (χ4n) is 1.61. The minimum atomic E-state index is -0.625. The Hall–Kier alpha value is -1.65. The molecule has 0 N–H and O–H groups in total. The maximum absolute atomic E-state index is 12.9. The predicted molar refractivity (Wildman–Crippen MR) is 46.8 cm³/mol. The summed E-state index contributed by atoms with van der Waals surface area (Å²) in [5.41, 5.74) is 0.286. The van der Waals surface area contributed by atoms with Gasteiger partial charge in [0.25, 0.3) is 0 Å². The quantitative estimate of drug-likeness (QED) is 0.511. The summed E-state index contributed by atoms with van der Waals surface area (Å²) in [6.45, 7) is 1.79. The highest BCUT2D eigenvalue weighted by Crippen LogP contribution is 2.38. The van der Waals surface area contributed by atoms with Gasteiger partial charge in [0.15, 0.2) is 0 Å². The highest BCUT2D eigenvalue weighted by atomic mass is 19.1. The Kier molecular flexibility index (Phi) is 1.87. The lowest BCUT2D eigenvalue weighted by Crippen LogP contribution is -2.05. The summed E-state index contributed by atoms with van der Waals surface area (Å²) in [5.74, 6) is -0.378. The van der Waals surface area contributed by atoms with Gasteiger partial charge in [-0.25, -0.2) is 4.39 Å². The Morgan fingerprint density at radius 3 is 3.00 bits per heavy atom. The summed E-state index contributed by atoms with van der Waals surface area (Å²) >= 11 is 0. The Morgan fingerprint density at radius 1 is 1.64 bits per heavy atom. The van der Waals surface area contributed by atoms with Gasteiger partial charge in [0.2, 0.25) is 5.75 Å². The van der Waals surface area contributed by atoms with Gasteiger partial charge in [0, 0.05) is 12.0 Å². The summed E-state index contributed by atoms with van der Waals surface area (Å²) in [6, 6.07) is 2.17. The molecule has 0 unspecified atom stereocenters. The molecule has 1 aromatic rings. The number of nitrogens with zero attached hydrogens (tertiary/aromatic N) is 1. The standard InChI is InChI=1S/C9H8FNO3/c1-5-2-6-3-7(10)4-8(11(12)13)9(6)14-5/h3-5H,2H2,1H3/t5-/m1/s1. The molecule has 0 radical (unpaired) electrons. The van der Waals surface area contributed by atoms with Crippen LogP contribution in [0.25, 0.3) is 0 Å². The van der Waals surface area contributed by atoms with E-state index in [-0.39, 0.29) is 17.5 Å². The molecule has 5 heteroatoms. The molecule has 1 aliphatic rings. The van der Waals surface area contributed by atoms with Crippen molar-refractivity contribution in [2.24, 2.45) is 0 Å². The fourth-order valence-corrected chi connectivity index (χ4v) is 1.61. The number of rotatable bonds is 1. The monoisotopic (exact) mass is 197 g/mol. The molecular formula is C9H8FNO3. The number of nitro groups is 1. The molecule has 0 amide bonds. The second kappa shape index (κ2) is 2.94. The molecule has 1 aliphatic heterocycles. The summed E-state index contributed by atoms with van der Waals surface area (Å²) in [5, 5.41) is 10.6. The van der Waals surface area contributed by atoms with Crippen LogP contribution in [0.5, 0.6) is 5.75 Å². The Bertz CT molecular complexity index is 405. The lowest BCUT2D eigenvalue weighted by molar-refractivity contribution is -0.386. The van der Waals surface area contributed by atoms with Crippen molar-refractivity contribution < 1.29 is 14.1 Å². The smallest absolute Gasteiger partial charge is 0.314 e. The highest BCUT2D eigenvalue weighted by Gasteiger charge is 2.28. The average molecular weight is 197 g/mol. The van der Waals surface area contributed by atoms with Gasteiger partial charge in [0.1, 0.15) is 11.9 Å². The topological polar surface area (TPSA) is 52.4 Å². The Balaban J connectivity index is 2.57. The SMILES string of the molecule is C[C@@H]1Cc2cc(F)cc([N+](=O)[O-])c2O1. The van der Waals surface area contributed by atoms with E-state index in [1.807, 2.05) is 0 Å². The van der Waals surface area contributed by atoms with E-state index in [0.717, 1.165) is 6.07 Å². The van der Waals surface area contributed by atoms with Crippen molar-refractivity contribution >= 4 is 5.69 Å². The molecule has 0 aromatic heterocycles. The first-order chi connectivity index (χ1) is 6.58. The molecule has 0 saturated carbocycles. The van der Waals surface area contributed by atoms with Gasteiger partial charge in [-0.3, -0.25) is 10.1 Å². The third kappa shape index (κ3) is 1.30. The number of hydrogen-bond acceptors (Lipinski definition) is 3. The Labute approximate surface area is 79.5 Å². The minimum Gasteiger partial charge on any atom is -0.483 e. The highest BCUT2D eigenvalue weighted by molar-refractivity contribution is 5.54. The van der Waals surface area contributed by atoms with Crippen LogP contribution in [0.1, 0.15) is 12.5 Å². The first kappa shape index (κ1) is 8.93. The van der Waals surface area contributed by atoms with Crippen molar-refractivity contribution in [2.75, 3.05) is 0 Å². The fraction of sp³-hybridized carbons (Fsp3) is 0.333. The summed E-state index contributed by atoms with van der Waals surface area (Å²) in [4.78, 5) is 9.95. The van der Waals surface area contributed by atoms with Crippen LogP contribution in [0.3, 0.4) is 0 Å². The second-order valence-electron chi connectivity index (χ2n) is 3.30. The molecule has 0 fully saturated rings. The second-order valence-corrected chi connectivity index (χ2v) is 3.30. The molecule has 1 atom stereocenters. The molecule has 0 aliphatic carbocycles. The zero-order chi connectivity index (χ0) is 10.3. The molecular weight excluding hydrogens is 189 g/mol. The lowest BCUT2D eigenvalue weighted by atomic mass is 10.1. The van der Waals surface area contributed by atoms with Crippen LogP contribution in [-0.2, 0) is 6.42 Å². The number of fused-ring (bicyclic) bond motifs is 1. The van der Waals surface area contributed by atoms with Crippen LogP contribution in [0, 0.1) is 15.9 Å². The number of halogens is 1. The van der Waals surface area contributed by atoms with Crippen LogP contribution in [0.2, 0.25) is 0 Å². The van der Waals surface area contributed by atoms with Crippen LogP contribution in [0.4, 0.5) is 10.1 Å². The van der Waals surface area contributed by atoms with Gasteiger partial charge in [-0.1, -0.05) is 0 Å². The van der Waals surface area contributed by atoms with Gasteiger partial charge >= 0.3 is 5.69 Å². The van der Waals surface area contributed by atoms with Gasteiger partial charge in [-0.15, -0.1) is 0 Å². The third-order valence-corrected chi connectivity index (χ3v) is 2.13. The summed E-state index contributed by atoms with van der Waals surface area (Å²) in [7, 11) is 0. The predicted octanol–water partition coefficient (Wildman–Crippen LogP) is 2.06. The van der Waals surface area contributed by atoms with E-state index in [4.69, 9.17) is 4.74 Å². The molecule has 0 saturated heterocycles. The normalized spacial score (nSPS) is 18.9. The number of benzene rings is 1. The van der Waals surface area contributed by atoms with Gasteiger partial charge in [0.05, 0.1) is 11.0 Å². The van der Waals surface area contributed by atoms with E-state index in [1.54, 1.807) is 6.92 Å². The van der Waals surface area contributed by atoms with E-state index in [9.17, 15) is 14.5 Å². The van der Waals surface area contributed by atoms with Crippen LogP contribution in [-0.4, -0.2) is 11.0 Å². The van der Waals surface area contributed by atoms with Gasteiger partial charge in [-0.05, 0) is 13.0 Å². The van der Waals surface area contributed by atoms with Crippen molar-refractivity contribution in [3.63, 3.8) is 0 Å². The maximum atomic E-state index is 12.9. The van der Waals surface area contributed by atoms with Crippen molar-refractivity contribution in [3.8, 4) is 5.75 Å². The molecule has 4 nitrogen and oxygen atoms in total. The van der Waals surface area contributed by atoms with Crippen LogP contribution >= 0.6 is 0 Å². The van der Waals surface area contributed by atoms with E-state index in [0.29, 0.717) is 12.0 Å². The summed E-state index contributed by atoms with van der Waals surface area (Å²) in [6.07, 6.45) is 0.402. The lowest BCUT2D eigenvalue weighted by Gasteiger charge is -2.02. The largest absolute Gasteiger partial charge is 0.483 e. The molecule has 1 aromatic carbocycles. The summed E-state index contributed by atoms with van der Waals surface area (Å²) < 4.78 is 18.2. The zero-order valence-electron chi connectivity index (χ0n) is 7.49. The maximum Gasteiger partial charge on any atom is 0.314 e. The van der Waals surface area contributed by atoms with E-state index in [2.05, 4.69) is 0 Å². The van der Waals surface area contributed by atoms with Crippen LogP contribution in [0.15, 0.2) is 12.1 Å². The van der Waals surface area contributed by atoms with Crippen molar-refractivity contribution in [1.29, 1.82) is 0 Å². The van der Waals surface area contributed by atoms with E-state index < -0.39 is 10.7 Å². The molecule has 2 rings (SSSR count). The van der Waals surface area contributed by atoms with Crippen molar-refractivity contribution in [3.05, 3.63) is 33.6 Å². The van der Waals surface area contributed by atoms with Gasteiger partial charge < -0.3 is 4.74 Å². The van der Waals surface area contributed by atoms with E-state index in [1.165, 1.54) is 6.07 Å². The van der Waals surface area contributed by atoms with Crippen molar-refractivity contribution in [2.45, 2.75) is 19.4 Å². The number of hydrogen-bond donors (Lipinski definition) is 0. The molecule has 74 valence electrons.